The van der Waals surface area contributed by atoms with Crippen molar-refractivity contribution in [1.29, 1.82) is 5.26 Å². The van der Waals surface area contributed by atoms with E-state index in [0.717, 1.165) is 5.56 Å². The molecule has 0 unspecified atom stereocenters. The number of anilines is 1. The first kappa shape index (κ1) is 22.3. The summed E-state index contributed by atoms with van der Waals surface area (Å²) < 4.78 is 26.7. The smallest absolute Gasteiger partial charge is 0.298 e. The maximum Gasteiger partial charge on any atom is 0.298 e. The summed E-state index contributed by atoms with van der Waals surface area (Å²) in [6.45, 7) is 1.93. The minimum atomic E-state index is -2.44. The van der Waals surface area contributed by atoms with Crippen molar-refractivity contribution in [3.05, 3.63) is 46.6 Å². The highest BCUT2D eigenvalue weighted by Gasteiger charge is 2.23. The molecule has 0 atom stereocenters. The number of carbonyl (C=O) groups is 1. The van der Waals surface area contributed by atoms with Crippen LogP contribution in [0.5, 0.6) is 0 Å². The molecule has 0 spiro atoms. The highest BCUT2D eigenvalue weighted by molar-refractivity contribution is 7.97. The predicted octanol–water partition coefficient (Wildman–Crippen LogP) is 3.97. The molecule has 1 amide bonds. The fraction of sp³-hybridized carbons (Fsp3) is 0.350. The minimum absolute atomic E-state index is 0.193. The van der Waals surface area contributed by atoms with Crippen LogP contribution in [0, 0.1) is 11.3 Å². The molecule has 1 aliphatic heterocycles. The van der Waals surface area contributed by atoms with E-state index in [9.17, 15) is 18.8 Å². The quantitative estimate of drug-likeness (QED) is 0.641. The van der Waals surface area contributed by atoms with Crippen LogP contribution in [0.2, 0.25) is 5.02 Å². The monoisotopic (exact) mass is 451 g/mol. The molecule has 0 N–H and O–H groups in total. The van der Waals surface area contributed by atoms with Gasteiger partial charge in [0.05, 0.1) is 16.1 Å². The van der Waals surface area contributed by atoms with Crippen LogP contribution >= 0.6 is 23.5 Å². The highest BCUT2D eigenvalue weighted by atomic mass is 35.5. The molecule has 158 valence electrons. The van der Waals surface area contributed by atoms with Gasteiger partial charge in [-0.3, -0.25) is 4.79 Å². The lowest BCUT2D eigenvalue weighted by molar-refractivity contribution is 0.0828. The highest BCUT2D eigenvalue weighted by Crippen LogP contribution is 2.30. The van der Waals surface area contributed by atoms with Crippen molar-refractivity contribution in [3.8, 4) is 17.2 Å². The van der Waals surface area contributed by atoms with E-state index in [2.05, 4.69) is 11.1 Å². The van der Waals surface area contributed by atoms with E-state index in [1.807, 2.05) is 4.90 Å². The van der Waals surface area contributed by atoms with Gasteiger partial charge in [0.2, 0.25) is 0 Å². The van der Waals surface area contributed by atoms with E-state index in [4.69, 9.17) is 11.6 Å². The third-order valence-corrected chi connectivity index (χ3v) is 5.83. The Hall–Kier alpha value is -2.41. The molecule has 0 radical (unpaired) electrons. The zero-order valence-electron chi connectivity index (χ0n) is 16.5. The molecule has 2 aromatic rings. The molecule has 2 heterocycles. The van der Waals surface area contributed by atoms with Gasteiger partial charge in [0.25, 0.3) is 11.7 Å². The molecular formula is C20H20ClF2N5OS. The van der Waals surface area contributed by atoms with Gasteiger partial charge in [-0.05, 0) is 35.7 Å². The number of alkyl halides is 2. The number of hydrogen-bond donors (Lipinski definition) is 0. The van der Waals surface area contributed by atoms with E-state index in [-0.39, 0.29) is 5.91 Å². The van der Waals surface area contributed by atoms with Crippen LogP contribution in [-0.4, -0.2) is 66.1 Å². The molecule has 0 aliphatic carbocycles. The number of hydrogen-bond acceptors (Lipinski definition) is 6. The topological polar surface area (TPSA) is 63.5 Å². The molecule has 1 aliphatic rings. The van der Waals surface area contributed by atoms with Crippen molar-refractivity contribution in [3.63, 3.8) is 0 Å². The third-order valence-electron chi connectivity index (χ3n) is 4.69. The van der Waals surface area contributed by atoms with Crippen LogP contribution in [0.15, 0.2) is 30.5 Å². The van der Waals surface area contributed by atoms with E-state index < -0.39 is 5.76 Å². The normalized spacial score (nSPS) is 14.6. The summed E-state index contributed by atoms with van der Waals surface area (Å²) in [6.07, 6.45) is 1.65. The Morgan fingerprint density at radius 3 is 2.50 bits per heavy atom. The zero-order valence-corrected chi connectivity index (χ0v) is 18.1. The average Bonchev–Trinajstić information content (AvgIpc) is 2.73. The first-order valence-corrected chi connectivity index (χ1v) is 10.4. The standard InChI is InChI=1S/C20H20ClF2N5OS/c1-26(2)19(29)16-4-3-13(10-17(16)21)15-9-14(11-24)18(25-12-15)27-5-7-28(8-6-27)30-20(22)23/h3-4,9-10,12,20H,5-8H2,1-2H3. The van der Waals surface area contributed by atoms with Crippen molar-refractivity contribution in [2.45, 2.75) is 5.76 Å². The van der Waals surface area contributed by atoms with Crippen LogP contribution in [-0.2, 0) is 0 Å². The summed E-state index contributed by atoms with van der Waals surface area (Å²) in [7, 11) is 3.31. The van der Waals surface area contributed by atoms with Crippen LogP contribution in [0.25, 0.3) is 11.1 Å². The number of rotatable bonds is 5. The van der Waals surface area contributed by atoms with Gasteiger partial charge in [-0.15, -0.1) is 0 Å². The van der Waals surface area contributed by atoms with Crippen LogP contribution in [0.3, 0.4) is 0 Å². The summed E-state index contributed by atoms with van der Waals surface area (Å²) in [4.78, 5) is 20.0. The Balaban J connectivity index is 1.81. The molecule has 10 heteroatoms. The van der Waals surface area contributed by atoms with Gasteiger partial charge in [-0.25, -0.2) is 9.29 Å². The Labute approximate surface area is 183 Å². The summed E-state index contributed by atoms with van der Waals surface area (Å²) in [5.74, 6) is -2.09. The summed E-state index contributed by atoms with van der Waals surface area (Å²) in [5.41, 5.74) is 2.24. The zero-order chi connectivity index (χ0) is 21.8. The number of carbonyl (C=O) groups excluding carboxylic acids is 1. The predicted molar refractivity (Wildman–Crippen MR) is 115 cm³/mol. The van der Waals surface area contributed by atoms with Crippen LogP contribution < -0.4 is 4.90 Å². The Bertz CT molecular complexity index is 974. The lowest BCUT2D eigenvalue weighted by Crippen LogP contribution is -2.44. The first-order valence-electron chi connectivity index (χ1n) is 9.16. The molecule has 1 aromatic carbocycles. The Morgan fingerprint density at radius 1 is 1.23 bits per heavy atom. The number of benzene rings is 1. The summed E-state index contributed by atoms with van der Waals surface area (Å²) in [6, 6.07) is 8.99. The van der Waals surface area contributed by atoms with Gasteiger partial charge in [0, 0.05) is 52.0 Å². The fourth-order valence-corrected chi connectivity index (χ4v) is 4.04. The van der Waals surface area contributed by atoms with Gasteiger partial charge < -0.3 is 9.80 Å². The summed E-state index contributed by atoms with van der Waals surface area (Å²) in [5, 5.41) is 9.94. The first-order chi connectivity index (χ1) is 14.3. The number of halogens is 3. The minimum Gasteiger partial charge on any atom is -0.353 e. The largest absolute Gasteiger partial charge is 0.353 e. The van der Waals surface area contributed by atoms with Gasteiger partial charge >= 0.3 is 0 Å². The van der Waals surface area contributed by atoms with Crippen LogP contribution in [0.1, 0.15) is 15.9 Å². The second-order valence-corrected chi connectivity index (χ2v) is 8.37. The molecule has 6 nitrogen and oxygen atoms in total. The lowest BCUT2D eigenvalue weighted by Gasteiger charge is -2.34. The molecule has 30 heavy (non-hydrogen) atoms. The third kappa shape index (κ3) is 5.01. The van der Waals surface area contributed by atoms with E-state index in [1.165, 1.54) is 4.90 Å². The van der Waals surface area contributed by atoms with Crippen molar-refractivity contribution in [1.82, 2.24) is 14.2 Å². The number of pyridine rings is 1. The second kappa shape index (κ2) is 9.60. The lowest BCUT2D eigenvalue weighted by atomic mass is 10.0. The summed E-state index contributed by atoms with van der Waals surface area (Å²) >= 11 is 6.83. The van der Waals surface area contributed by atoms with Crippen molar-refractivity contribution in [2.75, 3.05) is 45.2 Å². The second-order valence-electron chi connectivity index (χ2n) is 6.88. The molecule has 0 bridgehead atoms. The maximum atomic E-state index is 12.5. The van der Waals surface area contributed by atoms with E-state index >= 15 is 0 Å². The van der Waals surface area contributed by atoms with E-state index in [0.29, 0.717) is 65.7 Å². The number of aromatic nitrogens is 1. The number of piperazine rings is 1. The van der Waals surface area contributed by atoms with Crippen LogP contribution in [0.4, 0.5) is 14.6 Å². The van der Waals surface area contributed by atoms with Gasteiger partial charge in [-0.1, -0.05) is 17.7 Å². The molecule has 1 saturated heterocycles. The van der Waals surface area contributed by atoms with Crippen molar-refractivity contribution >= 4 is 35.3 Å². The van der Waals surface area contributed by atoms with Gasteiger partial charge in [0.15, 0.2) is 0 Å². The maximum absolute atomic E-state index is 12.5. The fourth-order valence-electron chi connectivity index (χ4n) is 3.18. The number of amides is 1. The molecule has 1 aromatic heterocycles. The SMILES string of the molecule is CN(C)C(=O)c1ccc(-c2cnc(N3CCN(SC(F)F)CC3)c(C#N)c2)cc1Cl. The number of nitrogens with zero attached hydrogens (tertiary/aromatic N) is 5. The Morgan fingerprint density at radius 2 is 1.93 bits per heavy atom. The van der Waals surface area contributed by atoms with Gasteiger partial charge in [-0.2, -0.15) is 14.0 Å². The number of nitriles is 1. The van der Waals surface area contributed by atoms with E-state index in [1.54, 1.807) is 48.9 Å². The van der Waals surface area contributed by atoms with Crippen molar-refractivity contribution < 1.29 is 13.6 Å². The van der Waals surface area contributed by atoms with Crippen molar-refractivity contribution in [2.24, 2.45) is 0 Å². The molecule has 1 fully saturated rings. The molecular weight excluding hydrogens is 432 g/mol. The molecule has 0 saturated carbocycles. The van der Waals surface area contributed by atoms with Gasteiger partial charge in [0.1, 0.15) is 11.9 Å². The Kier molecular flexibility index (Phi) is 7.13. The average molecular weight is 452 g/mol. The molecule has 3 rings (SSSR count).